The number of para-hydroxylation sites is 1. The van der Waals surface area contributed by atoms with Crippen molar-refractivity contribution in [3.8, 4) is 5.69 Å². The number of aromatic nitrogens is 4. The topological polar surface area (TPSA) is 119 Å². The number of amides is 1. The Kier molecular flexibility index (Phi) is 4.57. The van der Waals surface area contributed by atoms with Crippen LogP contribution in [0, 0.1) is 0 Å². The Labute approximate surface area is 119 Å². The van der Waals surface area contributed by atoms with Crippen molar-refractivity contribution in [3.63, 3.8) is 0 Å². The normalized spacial score (nSPS) is 11.9. The zero-order valence-electron chi connectivity index (χ0n) is 11.1. The molecule has 1 aromatic carbocycles. The third-order valence-electron chi connectivity index (χ3n) is 2.75. The molecule has 0 saturated heterocycles. The third-order valence-corrected chi connectivity index (χ3v) is 2.75. The number of carbonyl (C=O) groups is 2. The van der Waals surface area contributed by atoms with Gasteiger partial charge in [0.15, 0.2) is 6.10 Å². The Morgan fingerprint density at radius 3 is 2.81 bits per heavy atom. The van der Waals surface area contributed by atoms with Crippen LogP contribution < -0.4 is 5.32 Å². The number of methoxy groups -OCH3 is 1. The first-order chi connectivity index (χ1) is 10.1. The van der Waals surface area contributed by atoms with E-state index in [0.29, 0.717) is 11.3 Å². The van der Waals surface area contributed by atoms with Crippen LogP contribution in [0.1, 0.15) is 10.4 Å². The predicted molar refractivity (Wildman–Crippen MR) is 69.9 cm³/mol. The first-order valence-corrected chi connectivity index (χ1v) is 5.99. The molecular weight excluding hydrogens is 278 g/mol. The maximum absolute atomic E-state index is 12.2. The summed E-state index contributed by atoms with van der Waals surface area (Å²) < 4.78 is 6.10. The maximum Gasteiger partial charge on any atom is 0.334 e. The summed E-state index contributed by atoms with van der Waals surface area (Å²) in [4.78, 5) is 23.0. The number of carboxylic acids is 1. The molecule has 0 radical (unpaired) electrons. The molecule has 0 aliphatic carbocycles. The van der Waals surface area contributed by atoms with E-state index in [0.717, 1.165) is 0 Å². The number of nitrogens with one attached hydrogen (secondary N) is 1. The number of carboxylic acid groups (broad SMARTS) is 1. The van der Waals surface area contributed by atoms with E-state index >= 15 is 0 Å². The van der Waals surface area contributed by atoms with E-state index in [9.17, 15) is 9.59 Å². The minimum Gasteiger partial charge on any atom is -0.479 e. The quantitative estimate of drug-likeness (QED) is 0.735. The van der Waals surface area contributed by atoms with Gasteiger partial charge < -0.3 is 15.2 Å². The summed E-state index contributed by atoms with van der Waals surface area (Å²) in [7, 11) is 1.26. The van der Waals surface area contributed by atoms with Gasteiger partial charge in [-0.05, 0) is 22.6 Å². The van der Waals surface area contributed by atoms with Crippen LogP contribution in [0.5, 0.6) is 0 Å². The van der Waals surface area contributed by atoms with Gasteiger partial charge in [-0.25, -0.2) is 4.79 Å². The van der Waals surface area contributed by atoms with Gasteiger partial charge in [-0.1, -0.05) is 12.1 Å². The minimum absolute atomic E-state index is 0.144. The van der Waals surface area contributed by atoms with Gasteiger partial charge in [0.1, 0.15) is 6.33 Å². The Balaban J connectivity index is 2.15. The highest BCUT2D eigenvalue weighted by Gasteiger charge is 2.19. The van der Waals surface area contributed by atoms with E-state index in [1.165, 1.54) is 18.1 Å². The number of hydrogen-bond donors (Lipinski definition) is 2. The van der Waals surface area contributed by atoms with Gasteiger partial charge >= 0.3 is 5.97 Å². The second-order valence-corrected chi connectivity index (χ2v) is 4.04. The van der Waals surface area contributed by atoms with Crippen LogP contribution >= 0.6 is 0 Å². The Morgan fingerprint density at radius 2 is 2.19 bits per heavy atom. The molecule has 21 heavy (non-hydrogen) atoms. The molecule has 2 rings (SSSR count). The van der Waals surface area contributed by atoms with Crippen LogP contribution in [-0.4, -0.2) is 56.9 Å². The second-order valence-electron chi connectivity index (χ2n) is 4.04. The fourth-order valence-corrected chi connectivity index (χ4v) is 1.69. The summed E-state index contributed by atoms with van der Waals surface area (Å²) >= 11 is 0. The van der Waals surface area contributed by atoms with Gasteiger partial charge in [0.05, 0.1) is 17.8 Å². The highest BCUT2D eigenvalue weighted by Crippen LogP contribution is 2.12. The van der Waals surface area contributed by atoms with Crippen molar-refractivity contribution in [2.45, 2.75) is 6.10 Å². The van der Waals surface area contributed by atoms with Crippen molar-refractivity contribution in [2.75, 3.05) is 13.7 Å². The molecule has 0 saturated carbocycles. The molecule has 1 atom stereocenters. The van der Waals surface area contributed by atoms with Crippen LogP contribution in [0.3, 0.4) is 0 Å². The molecule has 1 aromatic heterocycles. The van der Waals surface area contributed by atoms with Crippen molar-refractivity contribution in [1.82, 2.24) is 25.5 Å². The molecule has 1 unspecified atom stereocenters. The van der Waals surface area contributed by atoms with E-state index in [1.807, 2.05) is 0 Å². The van der Waals surface area contributed by atoms with Crippen LogP contribution in [0.25, 0.3) is 5.69 Å². The molecule has 9 nitrogen and oxygen atoms in total. The smallest absolute Gasteiger partial charge is 0.334 e. The van der Waals surface area contributed by atoms with Gasteiger partial charge in [0.2, 0.25) is 0 Å². The lowest BCUT2D eigenvalue weighted by atomic mass is 10.1. The van der Waals surface area contributed by atoms with Crippen molar-refractivity contribution < 1.29 is 19.4 Å². The number of ether oxygens (including phenoxy) is 1. The molecule has 1 amide bonds. The Bertz CT molecular complexity index is 628. The Hall–Kier alpha value is -2.81. The molecule has 2 aromatic rings. The molecule has 0 bridgehead atoms. The number of hydrogen-bond acceptors (Lipinski definition) is 6. The monoisotopic (exact) mass is 291 g/mol. The zero-order valence-corrected chi connectivity index (χ0v) is 11.1. The highest BCUT2D eigenvalue weighted by atomic mass is 16.5. The molecular formula is C12H13N5O4. The van der Waals surface area contributed by atoms with Crippen LogP contribution in [0.4, 0.5) is 0 Å². The number of benzene rings is 1. The number of nitrogens with zero attached hydrogens (tertiary/aromatic N) is 4. The summed E-state index contributed by atoms with van der Waals surface area (Å²) in [6, 6.07) is 6.70. The van der Waals surface area contributed by atoms with Crippen LogP contribution in [0.2, 0.25) is 0 Å². The molecule has 0 aliphatic rings. The molecule has 0 spiro atoms. The summed E-state index contributed by atoms with van der Waals surface area (Å²) in [5.41, 5.74) is 0.814. The third kappa shape index (κ3) is 3.39. The molecule has 2 N–H and O–H groups in total. The van der Waals surface area contributed by atoms with Gasteiger partial charge in [0, 0.05) is 7.11 Å². The van der Waals surface area contributed by atoms with E-state index in [4.69, 9.17) is 9.84 Å². The van der Waals surface area contributed by atoms with Gasteiger partial charge in [-0.2, -0.15) is 4.68 Å². The molecule has 110 valence electrons. The van der Waals surface area contributed by atoms with Crippen LogP contribution in [-0.2, 0) is 9.53 Å². The fourth-order valence-electron chi connectivity index (χ4n) is 1.69. The fraction of sp³-hybridized carbons (Fsp3) is 0.250. The van der Waals surface area contributed by atoms with E-state index in [-0.39, 0.29) is 6.54 Å². The van der Waals surface area contributed by atoms with E-state index in [2.05, 4.69) is 20.8 Å². The number of tetrazole rings is 1. The van der Waals surface area contributed by atoms with Crippen molar-refractivity contribution in [1.29, 1.82) is 0 Å². The SMILES string of the molecule is COC(CNC(=O)c1ccccc1-n1cnnn1)C(=O)O. The molecule has 0 fully saturated rings. The van der Waals surface area contributed by atoms with Crippen molar-refractivity contribution in [3.05, 3.63) is 36.2 Å². The standard InChI is InChI=1S/C12H13N5O4/c1-21-10(12(19)20)6-13-11(18)8-4-2-3-5-9(8)17-7-14-15-16-17/h2-5,7,10H,6H2,1H3,(H,13,18)(H,19,20). The van der Waals surface area contributed by atoms with Gasteiger partial charge in [0.25, 0.3) is 5.91 Å². The summed E-state index contributed by atoms with van der Waals surface area (Å²) in [6.45, 7) is -0.144. The first-order valence-electron chi connectivity index (χ1n) is 5.99. The van der Waals surface area contributed by atoms with Crippen molar-refractivity contribution in [2.24, 2.45) is 0 Å². The summed E-state index contributed by atoms with van der Waals surface area (Å²) in [5, 5.41) is 22.1. The minimum atomic E-state index is -1.15. The first kappa shape index (κ1) is 14.6. The molecule has 0 aliphatic heterocycles. The number of carbonyl (C=O) groups excluding carboxylic acids is 1. The van der Waals surface area contributed by atoms with Crippen LogP contribution in [0.15, 0.2) is 30.6 Å². The summed E-state index contributed by atoms with van der Waals surface area (Å²) in [5.74, 6) is -1.59. The molecule has 9 heteroatoms. The number of rotatable bonds is 6. The average Bonchev–Trinajstić information content (AvgIpc) is 3.01. The zero-order chi connectivity index (χ0) is 15.2. The van der Waals surface area contributed by atoms with Gasteiger partial charge in [-0.15, -0.1) is 5.10 Å². The predicted octanol–water partition coefficient (Wildman–Crippen LogP) is -0.508. The number of aliphatic carboxylic acids is 1. The van der Waals surface area contributed by atoms with Gasteiger partial charge in [-0.3, -0.25) is 4.79 Å². The lowest BCUT2D eigenvalue weighted by Crippen LogP contribution is -2.38. The maximum atomic E-state index is 12.2. The highest BCUT2D eigenvalue weighted by molar-refractivity contribution is 5.97. The lowest BCUT2D eigenvalue weighted by Gasteiger charge is -2.13. The Morgan fingerprint density at radius 1 is 1.43 bits per heavy atom. The molecule has 1 heterocycles. The largest absolute Gasteiger partial charge is 0.479 e. The second kappa shape index (κ2) is 6.57. The lowest BCUT2D eigenvalue weighted by molar-refractivity contribution is -0.148. The average molecular weight is 291 g/mol. The summed E-state index contributed by atoms with van der Waals surface area (Å²) in [6.07, 6.45) is 0.260. The van der Waals surface area contributed by atoms with Crippen molar-refractivity contribution >= 4 is 11.9 Å². The van der Waals surface area contributed by atoms with E-state index < -0.39 is 18.0 Å². The van der Waals surface area contributed by atoms with E-state index in [1.54, 1.807) is 24.3 Å².